The molecule has 0 radical (unpaired) electrons. The molecule has 22 heavy (non-hydrogen) atoms. The molecule has 6 heteroatoms. The number of ketones is 1. The SMILES string of the molecule is Cc1cc(C(=O)Cn2cnc3sc(C)c(C)c3c2=O)c(C)[nH]1. The quantitative estimate of drug-likeness (QED) is 0.756. The second-order valence-corrected chi connectivity index (χ2v) is 6.76. The van der Waals surface area contributed by atoms with Crippen molar-refractivity contribution in [1.82, 2.24) is 14.5 Å². The minimum absolute atomic E-state index is 0.00818. The van der Waals surface area contributed by atoms with E-state index in [1.54, 1.807) is 0 Å². The minimum Gasteiger partial charge on any atom is -0.362 e. The number of aryl methyl sites for hydroxylation is 4. The first-order chi connectivity index (χ1) is 10.4. The van der Waals surface area contributed by atoms with Crippen LogP contribution >= 0.6 is 11.3 Å². The molecule has 0 saturated carbocycles. The Morgan fingerprint density at radius 3 is 2.68 bits per heavy atom. The van der Waals surface area contributed by atoms with Gasteiger partial charge < -0.3 is 4.98 Å². The average Bonchev–Trinajstić information content (AvgIpc) is 2.94. The summed E-state index contributed by atoms with van der Waals surface area (Å²) < 4.78 is 1.39. The number of carbonyl (C=O) groups is 1. The van der Waals surface area contributed by atoms with Gasteiger partial charge in [0.15, 0.2) is 5.78 Å². The lowest BCUT2D eigenvalue weighted by molar-refractivity contribution is 0.0970. The largest absolute Gasteiger partial charge is 0.362 e. The van der Waals surface area contributed by atoms with Gasteiger partial charge in [-0.1, -0.05) is 0 Å². The van der Waals surface area contributed by atoms with Crippen LogP contribution in [0.3, 0.4) is 0 Å². The van der Waals surface area contributed by atoms with Gasteiger partial charge in [0, 0.05) is 21.8 Å². The van der Waals surface area contributed by atoms with Gasteiger partial charge in [-0.05, 0) is 39.3 Å². The zero-order valence-electron chi connectivity index (χ0n) is 13.0. The Morgan fingerprint density at radius 1 is 1.32 bits per heavy atom. The first kappa shape index (κ1) is 14.7. The fourth-order valence-electron chi connectivity index (χ4n) is 2.64. The smallest absolute Gasteiger partial charge is 0.262 e. The molecule has 1 N–H and O–H groups in total. The van der Waals surface area contributed by atoms with Crippen molar-refractivity contribution in [2.45, 2.75) is 34.2 Å². The molecule has 3 aromatic rings. The van der Waals surface area contributed by atoms with Gasteiger partial charge in [0.1, 0.15) is 4.83 Å². The maximum absolute atomic E-state index is 12.6. The number of rotatable bonds is 3. The fraction of sp³-hybridized carbons (Fsp3) is 0.312. The summed E-state index contributed by atoms with van der Waals surface area (Å²) in [6.07, 6.45) is 1.47. The summed E-state index contributed by atoms with van der Waals surface area (Å²) in [5.74, 6) is -0.0882. The normalized spacial score (nSPS) is 11.3. The first-order valence-corrected chi connectivity index (χ1v) is 7.84. The second-order valence-electron chi connectivity index (χ2n) is 5.56. The molecule has 114 valence electrons. The lowest BCUT2D eigenvalue weighted by Gasteiger charge is -2.04. The zero-order chi connectivity index (χ0) is 16.0. The number of hydrogen-bond donors (Lipinski definition) is 1. The van der Waals surface area contributed by atoms with E-state index in [4.69, 9.17) is 0 Å². The summed E-state index contributed by atoms with van der Waals surface area (Å²) in [5, 5.41) is 0.625. The molecule has 0 aliphatic heterocycles. The van der Waals surface area contributed by atoms with Crippen LogP contribution in [0.2, 0.25) is 0 Å². The third-order valence-corrected chi connectivity index (χ3v) is 5.03. The number of aromatic nitrogens is 3. The number of fused-ring (bicyclic) bond motifs is 1. The molecule has 0 amide bonds. The molecular formula is C16H17N3O2S. The van der Waals surface area contributed by atoms with Gasteiger partial charge in [0.25, 0.3) is 5.56 Å². The van der Waals surface area contributed by atoms with Crippen molar-refractivity contribution in [2.75, 3.05) is 0 Å². The molecule has 0 aliphatic carbocycles. The summed E-state index contributed by atoms with van der Waals surface area (Å²) in [6.45, 7) is 7.66. The minimum atomic E-state index is -0.148. The molecule has 3 heterocycles. The molecular weight excluding hydrogens is 298 g/mol. The molecule has 0 aliphatic rings. The zero-order valence-corrected chi connectivity index (χ0v) is 13.8. The summed E-state index contributed by atoms with van der Waals surface area (Å²) in [7, 11) is 0. The molecule has 5 nitrogen and oxygen atoms in total. The number of carbonyl (C=O) groups excluding carboxylic acids is 1. The summed E-state index contributed by atoms with van der Waals surface area (Å²) >= 11 is 1.51. The highest BCUT2D eigenvalue weighted by Gasteiger charge is 2.16. The van der Waals surface area contributed by atoms with Crippen LogP contribution in [0.5, 0.6) is 0 Å². The van der Waals surface area contributed by atoms with Gasteiger partial charge in [-0.15, -0.1) is 11.3 Å². The van der Waals surface area contributed by atoms with Crippen LogP contribution in [0.1, 0.15) is 32.2 Å². The van der Waals surface area contributed by atoms with Crippen molar-refractivity contribution in [3.8, 4) is 0 Å². The number of Topliss-reactive ketones (excluding diaryl/α,β-unsaturated/α-hetero) is 1. The predicted octanol–water partition coefficient (Wildman–Crippen LogP) is 2.90. The van der Waals surface area contributed by atoms with E-state index in [-0.39, 0.29) is 17.9 Å². The molecule has 0 aromatic carbocycles. The van der Waals surface area contributed by atoms with Crippen molar-refractivity contribution in [3.63, 3.8) is 0 Å². The number of H-pyrrole nitrogens is 1. The summed E-state index contributed by atoms with van der Waals surface area (Å²) in [4.78, 5) is 34.3. The predicted molar refractivity (Wildman–Crippen MR) is 88.0 cm³/mol. The lowest BCUT2D eigenvalue weighted by atomic mass is 10.1. The lowest BCUT2D eigenvalue weighted by Crippen LogP contribution is -2.24. The van der Waals surface area contributed by atoms with Crippen LogP contribution in [0.25, 0.3) is 10.2 Å². The van der Waals surface area contributed by atoms with Gasteiger partial charge in [-0.25, -0.2) is 4.98 Å². The van der Waals surface area contributed by atoms with Crippen LogP contribution in [0, 0.1) is 27.7 Å². The Hall–Kier alpha value is -2.21. The van der Waals surface area contributed by atoms with E-state index < -0.39 is 0 Å². The van der Waals surface area contributed by atoms with E-state index >= 15 is 0 Å². The van der Waals surface area contributed by atoms with Crippen molar-refractivity contribution in [2.24, 2.45) is 0 Å². The summed E-state index contributed by atoms with van der Waals surface area (Å²) in [5.41, 5.74) is 3.19. The van der Waals surface area contributed by atoms with Crippen LogP contribution < -0.4 is 5.56 Å². The van der Waals surface area contributed by atoms with E-state index in [0.717, 1.165) is 26.7 Å². The van der Waals surface area contributed by atoms with Crippen molar-refractivity contribution in [3.05, 3.63) is 50.1 Å². The third-order valence-electron chi connectivity index (χ3n) is 3.92. The average molecular weight is 315 g/mol. The first-order valence-electron chi connectivity index (χ1n) is 7.03. The molecule has 0 spiro atoms. The van der Waals surface area contributed by atoms with Gasteiger partial charge in [-0.2, -0.15) is 0 Å². The second kappa shape index (κ2) is 5.21. The molecule has 0 unspecified atom stereocenters. The van der Waals surface area contributed by atoms with E-state index in [1.807, 2.05) is 33.8 Å². The van der Waals surface area contributed by atoms with E-state index in [9.17, 15) is 9.59 Å². The number of nitrogens with zero attached hydrogens (tertiary/aromatic N) is 2. The van der Waals surface area contributed by atoms with E-state index in [2.05, 4.69) is 9.97 Å². The molecule has 0 atom stereocenters. The van der Waals surface area contributed by atoms with Crippen LogP contribution in [0.4, 0.5) is 0 Å². The van der Waals surface area contributed by atoms with Crippen LogP contribution in [-0.2, 0) is 6.54 Å². The topological polar surface area (TPSA) is 67.8 Å². The standard InChI is InChI=1S/C16H17N3O2S/c1-8-5-12(10(3)18-8)13(20)6-19-7-17-15-14(16(19)21)9(2)11(4)22-15/h5,7,18H,6H2,1-4H3. The number of hydrogen-bond acceptors (Lipinski definition) is 4. The van der Waals surface area contributed by atoms with Crippen LogP contribution in [0.15, 0.2) is 17.2 Å². The van der Waals surface area contributed by atoms with Gasteiger partial charge in [0.05, 0.1) is 18.3 Å². The highest BCUT2D eigenvalue weighted by molar-refractivity contribution is 7.18. The van der Waals surface area contributed by atoms with Gasteiger partial charge in [-0.3, -0.25) is 14.2 Å². The Labute approximate surface area is 131 Å². The Bertz CT molecular complexity index is 946. The van der Waals surface area contributed by atoms with E-state index in [1.165, 1.54) is 22.2 Å². The van der Waals surface area contributed by atoms with Crippen molar-refractivity contribution >= 4 is 27.3 Å². The summed E-state index contributed by atoms with van der Waals surface area (Å²) in [6, 6.07) is 1.81. The van der Waals surface area contributed by atoms with Crippen molar-refractivity contribution < 1.29 is 4.79 Å². The monoisotopic (exact) mass is 315 g/mol. The Morgan fingerprint density at radius 2 is 2.05 bits per heavy atom. The van der Waals surface area contributed by atoms with Gasteiger partial charge >= 0.3 is 0 Å². The van der Waals surface area contributed by atoms with Crippen molar-refractivity contribution in [1.29, 1.82) is 0 Å². The number of nitrogens with one attached hydrogen (secondary N) is 1. The fourth-order valence-corrected chi connectivity index (χ4v) is 3.62. The highest BCUT2D eigenvalue weighted by Crippen LogP contribution is 2.25. The molecule has 0 bridgehead atoms. The van der Waals surface area contributed by atoms with Crippen LogP contribution in [-0.4, -0.2) is 20.3 Å². The molecule has 0 saturated heterocycles. The Kier molecular flexibility index (Phi) is 3.48. The number of aromatic amines is 1. The van der Waals surface area contributed by atoms with E-state index in [0.29, 0.717) is 10.9 Å². The Balaban J connectivity index is 2.03. The third kappa shape index (κ3) is 2.29. The highest BCUT2D eigenvalue weighted by atomic mass is 32.1. The maximum atomic E-state index is 12.6. The molecule has 3 rings (SSSR count). The molecule has 3 aromatic heterocycles. The molecule has 0 fully saturated rings. The number of thiophene rings is 1. The van der Waals surface area contributed by atoms with Gasteiger partial charge in [0.2, 0.25) is 0 Å². The maximum Gasteiger partial charge on any atom is 0.262 e.